The topological polar surface area (TPSA) is 60.1 Å². The second-order valence-electron chi connectivity index (χ2n) is 7.53. The van der Waals surface area contributed by atoms with Gasteiger partial charge in [0.15, 0.2) is 0 Å². The van der Waals surface area contributed by atoms with Gasteiger partial charge in [0, 0.05) is 62.7 Å². The molecule has 26 heavy (non-hydrogen) atoms. The Morgan fingerprint density at radius 1 is 1.23 bits per heavy atom. The predicted molar refractivity (Wildman–Crippen MR) is 104 cm³/mol. The minimum atomic E-state index is 0.337. The van der Waals surface area contributed by atoms with E-state index in [1.165, 1.54) is 16.7 Å². The molecule has 1 atom stereocenters. The summed E-state index contributed by atoms with van der Waals surface area (Å²) < 4.78 is 11.2. The number of rotatable bonds is 4. The van der Waals surface area contributed by atoms with E-state index in [9.17, 15) is 0 Å². The fraction of sp³-hybridized carbons (Fsp3) is 0.571. The molecule has 1 aromatic rings. The molecule has 0 aromatic heterocycles. The zero-order valence-electron chi connectivity index (χ0n) is 15.6. The van der Waals surface area contributed by atoms with Gasteiger partial charge in [-0.1, -0.05) is 12.1 Å². The van der Waals surface area contributed by atoms with E-state index in [2.05, 4.69) is 30.0 Å². The van der Waals surface area contributed by atoms with Crippen molar-refractivity contribution in [3.8, 4) is 5.75 Å². The van der Waals surface area contributed by atoms with Crippen LogP contribution in [0.15, 0.2) is 34.5 Å². The van der Waals surface area contributed by atoms with E-state index in [0.717, 1.165) is 70.0 Å². The second kappa shape index (κ2) is 7.80. The lowest BCUT2D eigenvalue weighted by Gasteiger charge is -2.34. The van der Waals surface area contributed by atoms with Gasteiger partial charge in [0.25, 0.3) is 0 Å². The van der Waals surface area contributed by atoms with Gasteiger partial charge in [-0.2, -0.15) is 0 Å². The first-order valence-corrected chi connectivity index (χ1v) is 9.79. The van der Waals surface area contributed by atoms with Crippen molar-refractivity contribution < 1.29 is 9.47 Å². The average molecular weight is 355 g/mol. The van der Waals surface area contributed by atoms with E-state index in [0.29, 0.717) is 12.1 Å². The summed E-state index contributed by atoms with van der Waals surface area (Å²) in [5.41, 5.74) is 11.1. The Bertz CT molecular complexity index is 707. The van der Waals surface area contributed by atoms with E-state index >= 15 is 0 Å². The molecule has 1 unspecified atom stereocenters. The molecule has 0 bridgehead atoms. The van der Waals surface area contributed by atoms with Gasteiger partial charge < -0.3 is 15.2 Å². The van der Waals surface area contributed by atoms with Crippen molar-refractivity contribution in [3.63, 3.8) is 0 Å². The minimum absolute atomic E-state index is 0.337. The van der Waals surface area contributed by atoms with Gasteiger partial charge >= 0.3 is 0 Å². The van der Waals surface area contributed by atoms with Crippen LogP contribution < -0.4 is 10.5 Å². The third-order valence-corrected chi connectivity index (χ3v) is 5.84. The van der Waals surface area contributed by atoms with Crippen molar-refractivity contribution in [1.82, 2.24) is 4.90 Å². The highest BCUT2D eigenvalue weighted by molar-refractivity contribution is 5.80. The molecule has 2 N–H and O–H groups in total. The molecule has 5 heteroatoms. The summed E-state index contributed by atoms with van der Waals surface area (Å²) in [7, 11) is 0. The van der Waals surface area contributed by atoms with Crippen LogP contribution >= 0.6 is 0 Å². The molecule has 1 saturated heterocycles. The molecular weight excluding hydrogens is 326 g/mol. The molecule has 0 saturated carbocycles. The number of nitrogens with zero attached hydrogens (tertiary/aromatic N) is 2. The SMILES string of the molecule is CC(c1ccc2c(c1)OCC2)N1CCC(N)=C(C=NC2CCOCC2)C1. The first kappa shape index (κ1) is 17.6. The fourth-order valence-electron chi connectivity index (χ4n) is 3.96. The summed E-state index contributed by atoms with van der Waals surface area (Å²) in [5, 5.41) is 0. The number of hydrogen-bond donors (Lipinski definition) is 1. The summed E-state index contributed by atoms with van der Waals surface area (Å²) in [6.45, 7) is 6.56. The summed E-state index contributed by atoms with van der Waals surface area (Å²) in [6.07, 6.45) is 5.98. The van der Waals surface area contributed by atoms with Gasteiger partial charge in [0.05, 0.1) is 12.6 Å². The third kappa shape index (κ3) is 3.79. The number of nitrogens with two attached hydrogens (primary N) is 1. The third-order valence-electron chi connectivity index (χ3n) is 5.84. The van der Waals surface area contributed by atoms with Gasteiger partial charge in [-0.25, -0.2) is 0 Å². The quantitative estimate of drug-likeness (QED) is 0.844. The first-order valence-electron chi connectivity index (χ1n) is 9.79. The molecular formula is C21H29N3O2. The Morgan fingerprint density at radius 3 is 2.92 bits per heavy atom. The monoisotopic (exact) mass is 355 g/mol. The van der Waals surface area contributed by atoms with Crippen LogP contribution in [0.5, 0.6) is 5.75 Å². The Kier molecular flexibility index (Phi) is 5.27. The molecule has 1 fully saturated rings. The van der Waals surface area contributed by atoms with E-state index < -0.39 is 0 Å². The molecule has 0 aliphatic carbocycles. The zero-order valence-corrected chi connectivity index (χ0v) is 15.6. The molecule has 0 spiro atoms. The minimum Gasteiger partial charge on any atom is -0.493 e. The molecule has 1 aromatic carbocycles. The summed E-state index contributed by atoms with van der Waals surface area (Å²) >= 11 is 0. The van der Waals surface area contributed by atoms with Gasteiger partial charge in [-0.15, -0.1) is 0 Å². The molecule has 0 amide bonds. The maximum atomic E-state index is 6.29. The van der Waals surface area contributed by atoms with Gasteiger partial charge in [-0.3, -0.25) is 9.89 Å². The van der Waals surface area contributed by atoms with Crippen LogP contribution in [0, 0.1) is 0 Å². The van der Waals surface area contributed by atoms with Gasteiger partial charge in [-0.05, 0) is 37.0 Å². The first-order chi connectivity index (χ1) is 12.7. The number of aliphatic imine (C=N–C) groups is 1. The molecule has 5 nitrogen and oxygen atoms in total. The molecule has 3 heterocycles. The lowest BCUT2D eigenvalue weighted by molar-refractivity contribution is 0.0872. The molecule has 4 rings (SSSR count). The van der Waals surface area contributed by atoms with Crippen LogP contribution in [-0.4, -0.2) is 50.1 Å². The van der Waals surface area contributed by atoms with Crippen molar-refractivity contribution in [3.05, 3.63) is 40.6 Å². The van der Waals surface area contributed by atoms with Crippen molar-refractivity contribution in [1.29, 1.82) is 0 Å². The number of benzene rings is 1. The second-order valence-corrected chi connectivity index (χ2v) is 7.53. The highest BCUT2D eigenvalue weighted by Gasteiger charge is 2.24. The number of fused-ring (bicyclic) bond motifs is 1. The summed E-state index contributed by atoms with van der Waals surface area (Å²) in [5.74, 6) is 1.06. The zero-order chi connectivity index (χ0) is 17.9. The molecule has 3 aliphatic heterocycles. The van der Waals surface area contributed by atoms with E-state index in [4.69, 9.17) is 20.2 Å². The lowest BCUT2D eigenvalue weighted by atomic mass is 9.99. The molecule has 3 aliphatic rings. The standard InChI is InChI=1S/C21H29N3O2/c1-15(17-3-2-16-5-11-26-21(16)12-17)24-8-4-20(22)18(14-24)13-23-19-6-9-25-10-7-19/h2-3,12-13,15,19H,4-11,14,22H2,1H3. The highest BCUT2D eigenvalue weighted by Crippen LogP contribution is 2.32. The normalized spacial score (nSPS) is 23.3. The Labute approximate surface area is 155 Å². The Balaban J connectivity index is 1.44. The van der Waals surface area contributed by atoms with E-state index in [1.54, 1.807) is 0 Å². The van der Waals surface area contributed by atoms with Crippen molar-refractivity contribution in [2.24, 2.45) is 10.7 Å². The summed E-state index contributed by atoms with van der Waals surface area (Å²) in [6, 6.07) is 7.39. The number of hydrogen-bond acceptors (Lipinski definition) is 5. The van der Waals surface area contributed by atoms with Crippen molar-refractivity contribution >= 4 is 6.21 Å². The van der Waals surface area contributed by atoms with Crippen LogP contribution in [0.1, 0.15) is 43.4 Å². The Morgan fingerprint density at radius 2 is 2.08 bits per heavy atom. The van der Waals surface area contributed by atoms with Crippen LogP contribution in [0.25, 0.3) is 0 Å². The largest absolute Gasteiger partial charge is 0.493 e. The maximum absolute atomic E-state index is 6.29. The smallest absolute Gasteiger partial charge is 0.122 e. The van der Waals surface area contributed by atoms with E-state index in [-0.39, 0.29) is 0 Å². The van der Waals surface area contributed by atoms with Gasteiger partial charge in [0.1, 0.15) is 5.75 Å². The van der Waals surface area contributed by atoms with Gasteiger partial charge in [0.2, 0.25) is 0 Å². The lowest BCUT2D eigenvalue weighted by Crippen LogP contribution is -2.36. The Hall–Kier alpha value is -1.85. The summed E-state index contributed by atoms with van der Waals surface area (Å²) in [4.78, 5) is 7.27. The maximum Gasteiger partial charge on any atom is 0.122 e. The van der Waals surface area contributed by atoms with Crippen LogP contribution in [0.4, 0.5) is 0 Å². The predicted octanol–water partition coefficient (Wildman–Crippen LogP) is 2.85. The molecule has 0 radical (unpaired) electrons. The fourth-order valence-corrected chi connectivity index (χ4v) is 3.96. The van der Waals surface area contributed by atoms with Crippen LogP contribution in [0.3, 0.4) is 0 Å². The molecule has 140 valence electrons. The van der Waals surface area contributed by atoms with Crippen LogP contribution in [-0.2, 0) is 11.2 Å². The number of ether oxygens (including phenoxy) is 2. The van der Waals surface area contributed by atoms with Crippen LogP contribution in [0.2, 0.25) is 0 Å². The van der Waals surface area contributed by atoms with E-state index in [1.807, 2.05) is 6.21 Å². The highest BCUT2D eigenvalue weighted by atomic mass is 16.5. The van der Waals surface area contributed by atoms with Crippen molar-refractivity contribution in [2.45, 2.75) is 44.7 Å². The average Bonchev–Trinajstić information content (AvgIpc) is 3.15. The van der Waals surface area contributed by atoms with Crippen molar-refractivity contribution in [2.75, 3.05) is 32.9 Å².